The largest absolute Gasteiger partial charge is 0.383 e. The Morgan fingerprint density at radius 1 is 1.18 bits per heavy atom. The van der Waals surface area contributed by atoms with Crippen LogP contribution in [0.3, 0.4) is 0 Å². The molecule has 180 valence electrons. The molecule has 1 aliphatic rings. The van der Waals surface area contributed by atoms with Crippen molar-refractivity contribution in [2.75, 3.05) is 42.3 Å². The second-order valence-corrected chi connectivity index (χ2v) is 9.37. The molecule has 0 aliphatic heterocycles. The number of nitrogens with zero attached hydrogens (tertiary/aromatic N) is 4. The summed E-state index contributed by atoms with van der Waals surface area (Å²) in [5, 5.41) is 14.1. The summed E-state index contributed by atoms with van der Waals surface area (Å²) in [5.41, 5.74) is 1.77. The van der Waals surface area contributed by atoms with E-state index in [0.717, 1.165) is 54.4 Å². The first kappa shape index (κ1) is 24.0. The molecule has 1 fully saturated rings. The number of anilines is 4. The molecule has 9 nitrogen and oxygen atoms in total. The minimum absolute atomic E-state index is 0.104. The van der Waals surface area contributed by atoms with Gasteiger partial charge in [0.15, 0.2) is 11.0 Å². The fraction of sp³-hybridized carbons (Fsp3) is 0.417. The second kappa shape index (κ2) is 11.3. The first-order valence-corrected chi connectivity index (χ1v) is 12.4. The summed E-state index contributed by atoms with van der Waals surface area (Å²) in [6.45, 7) is 6.31. The molecule has 0 atom stereocenters. The summed E-state index contributed by atoms with van der Waals surface area (Å²) in [4.78, 5) is 24.7. The quantitative estimate of drug-likeness (QED) is 0.322. The van der Waals surface area contributed by atoms with Crippen molar-refractivity contribution in [2.45, 2.75) is 43.2 Å². The maximum absolute atomic E-state index is 12.0. The molecule has 0 radical (unpaired) electrons. The van der Waals surface area contributed by atoms with E-state index in [1.807, 2.05) is 43.3 Å². The number of nitrogens with one attached hydrogen (secondary N) is 3. The van der Waals surface area contributed by atoms with Gasteiger partial charge in [0.1, 0.15) is 11.6 Å². The van der Waals surface area contributed by atoms with E-state index in [9.17, 15) is 4.79 Å². The van der Waals surface area contributed by atoms with Crippen LogP contribution in [0.1, 0.15) is 31.9 Å². The number of ether oxygens (including phenoxy) is 1. The molecule has 4 rings (SSSR count). The van der Waals surface area contributed by atoms with Crippen LogP contribution in [0.25, 0.3) is 0 Å². The van der Waals surface area contributed by atoms with Crippen LogP contribution >= 0.6 is 11.8 Å². The molecule has 0 saturated heterocycles. The topological polar surface area (TPSA) is 108 Å². The molecule has 3 N–H and O–H groups in total. The van der Waals surface area contributed by atoms with Crippen LogP contribution in [0.15, 0.2) is 46.5 Å². The molecule has 34 heavy (non-hydrogen) atoms. The van der Waals surface area contributed by atoms with Crippen molar-refractivity contribution in [3.63, 3.8) is 0 Å². The van der Waals surface area contributed by atoms with Crippen LogP contribution in [0.5, 0.6) is 0 Å². The van der Waals surface area contributed by atoms with Crippen molar-refractivity contribution in [2.24, 2.45) is 5.92 Å². The van der Waals surface area contributed by atoms with Gasteiger partial charge in [0, 0.05) is 54.5 Å². The smallest absolute Gasteiger partial charge is 0.227 e. The molecule has 0 unspecified atom stereocenters. The van der Waals surface area contributed by atoms with E-state index in [4.69, 9.17) is 14.7 Å². The Kier molecular flexibility index (Phi) is 8.02. The molecule has 1 aromatic carbocycles. The van der Waals surface area contributed by atoms with E-state index in [1.54, 1.807) is 7.11 Å². The lowest BCUT2D eigenvalue weighted by Crippen LogP contribution is -2.29. The standard InChI is InChI=1S/C24H31N7O2S/c1-4-11-31(12-13-33-3)22-15-20(26-21-14-16(2)29-30-21)27-24(28-22)34-19-9-7-18(8-10-19)25-23(32)17-5-6-17/h7-10,14-15,17H,4-6,11-13H2,1-3H3,(H,25,32)(H2,26,27,28,29,30). The number of rotatable bonds is 12. The van der Waals surface area contributed by atoms with Crippen molar-refractivity contribution in [1.29, 1.82) is 0 Å². The fourth-order valence-electron chi connectivity index (χ4n) is 3.41. The van der Waals surface area contributed by atoms with Crippen LogP contribution in [0.2, 0.25) is 0 Å². The maximum atomic E-state index is 12.0. The fourth-order valence-corrected chi connectivity index (χ4v) is 4.18. The Bertz CT molecular complexity index is 1100. The number of hydrogen-bond acceptors (Lipinski definition) is 8. The average molecular weight is 482 g/mol. The van der Waals surface area contributed by atoms with Crippen molar-refractivity contribution in [3.05, 3.63) is 42.1 Å². The molecular formula is C24H31N7O2S. The van der Waals surface area contributed by atoms with E-state index in [-0.39, 0.29) is 11.8 Å². The van der Waals surface area contributed by atoms with Gasteiger partial charge in [-0.15, -0.1) is 0 Å². The van der Waals surface area contributed by atoms with Gasteiger partial charge in [-0.1, -0.05) is 6.92 Å². The summed E-state index contributed by atoms with van der Waals surface area (Å²) in [7, 11) is 1.70. The Balaban J connectivity index is 1.55. The third kappa shape index (κ3) is 6.71. The number of carbonyl (C=O) groups is 1. The number of amides is 1. The summed E-state index contributed by atoms with van der Waals surface area (Å²) in [5.74, 6) is 2.49. The van der Waals surface area contributed by atoms with Gasteiger partial charge in [0.2, 0.25) is 5.91 Å². The van der Waals surface area contributed by atoms with E-state index in [1.165, 1.54) is 11.8 Å². The molecule has 1 amide bonds. The van der Waals surface area contributed by atoms with Crippen LogP contribution in [0.4, 0.5) is 23.1 Å². The molecule has 2 heterocycles. The molecular weight excluding hydrogens is 450 g/mol. The number of aromatic amines is 1. The second-order valence-electron chi connectivity index (χ2n) is 8.32. The lowest BCUT2D eigenvalue weighted by molar-refractivity contribution is -0.117. The highest BCUT2D eigenvalue weighted by atomic mass is 32.2. The third-order valence-electron chi connectivity index (χ3n) is 5.32. The molecule has 3 aromatic rings. The van der Waals surface area contributed by atoms with Crippen molar-refractivity contribution in [3.8, 4) is 0 Å². The zero-order valence-electron chi connectivity index (χ0n) is 19.8. The predicted octanol–water partition coefficient (Wildman–Crippen LogP) is 4.61. The SMILES string of the molecule is CCCN(CCOC)c1cc(Nc2cc(C)[nH]n2)nc(Sc2ccc(NC(=O)C3CC3)cc2)n1. The van der Waals surface area contributed by atoms with Crippen LogP contribution < -0.4 is 15.5 Å². The van der Waals surface area contributed by atoms with E-state index >= 15 is 0 Å². The van der Waals surface area contributed by atoms with Gasteiger partial charge < -0.3 is 20.3 Å². The average Bonchev–Trinajstić information content (AvgIpc) is 3.60. The number of benzene rings is 1. The van der Waals surface area contributed by atoms with Gasteiger partial charge in [-0.2, -0.15) is 5.10 Å². The van der Waals surface area contributed by atoms with E-state index in [0.29, 0.717) is 23.4 Å². The van der Waals surface area contributed by atoms with Gasteiger partial charge in [0.25, 0.3) is 0 Å². The third-order valence-corrected chi connectivity index (χ3v) is 6.19. The summed E-state index contributed by atoms with van der Waals surface area (Å²) in [6.07, 6.45) is 2.97. The maximum Gasteiger partial charge on any atom is 0.227 e. The highest BCUT2D eigenvalue weighted by Crippen LogP contribution is 2.32. The van der Waals surface area contributed by atoms with Crippen LogP contribution in [-0.4, -0.2) is 52.9 Å². The zero-order valence-corrected chi connectivity index (χ0v) is 20.6. The van der Waals surface area contributed by atoms with Crippen molar-refractivity contribution < 1.29 is 9.53 Å². The molecule has 0 bridgehead atoms. The summed E-state index contributed by atoms with van der Waals surface area (Å²) >= 11 is 1.48. The number of hydrogen-bond donors (Lipinski definition) is 3. The van der Waals surface area contributed by atoms with Gasteiger partial charge >= 0.3 is 0 Å². The molecule has 2 aromatic heterocycles. The minimum Gasteiger partial charge on any atom is -0.383 e. The number of methoxy groups -OCH3 is 1. The Labute approximate surface area is 204 Å². The lowest BCUT2D eigenvalue weighted by atomic mass is 10.3. The Morgan fingerprint density at radius 2 is 1.97 bits per heavy atom. The molecule has 1 aliphatic carbocycles. The minimum atomic E-state index is 0.104. The molecule has 1 saturated carbocycles. The monoisotopic (exact) mass is 481 g/mol. The van der Waals surface area contributed by atoms with Gasteiger partial charge in [0.05, 0.1) is 6.61 Å². The molecule has 0 spiro atoms. The highest BCUT2D eigenvalue weighted by molar-refractivity contribution is 7.99. The normalized spacial score (nSPS) is 13.0. The predicted molar refractivity (Wildman–Crippen MR) is 135 cm³/mol. The number of carbonyl (C=O) groups excluding carboxylic acids is 1. The lowest BCUT2D eigenvalue weighted by Gasteiger charge is -2.23. The first-order chi connectivity index (χ1) is 16.5. The van der Waals surface area contributed by atoms with Gasteiger partial charge in [-0.3, -0.25) is 9.89 Å². The van der Waals surface area contributed by atoms with Gasteiger partial charge in [-0.25, -0.2) is 9.97 Å². The molecule has 10 heteroatoms. The van der Waals surface area contributed by atoms with Crippen LogP contribution in [-0.2, 0) is 9.53 Å². The van der Waals surface area contributed by atoms with E-state index in [2.05, 4.69) is 32.7 Å². The number of H-pyrrole nitrogens is 1. The van der Waals surface area contributed by atoms with Gasteiger partial charge in [-0.05, 0) is 62.2 Å². The van der Waals surface area contributed by atoms with Crippen LogP contribution in [0, 0.1) is 12.8 Å². The number of aryl methyl sites for hydroxylation is 1. The van der Waals surface area contributed by atoms with E-state index < -0.39 is 0 Å². The first-order valence-electron chi connectivity index (χ1n) is 11.5. The highest BCUT2D eigenvalue weighted by Gasteiger charge is 2.29. The Hall–Kier alpha value is -3.11. The Morgan fingerprint density at radius 3 is 2.62 bits per heavy atom. The van der Waals surface area contributed by atoms with Crippen molar-refractivity contribution >= 4 is 40.8 Å². The summed E-state index contributed by atoms with van der Waals surface area (Å²) in [6, 6.07) is 11.7. The number of aromatic nitrogens is 4. The van der Waals surface area contributed by atoms with Crippen molar-refractivity contribution in [1.82, 2.24) is 20.2 Å². The summed E-state index contributed by atoms with van der Waals surface area (Å²) < 4.78 is 5.30. The zero-order chi connectivity index (χ0) is 23.9.